The van der Waals surface area contributed by atoms with Crippen LogP contribution >= 0.6 is 7.60 Å². The number of hydrogen-bond acceptors (Lipinski definition) is 6. The molecule has 0 aliphatic carbocycles. The lowest BCUT2D eigenvalue weighted by molar-refractivity contribution is 0.0312. The van der Waals surface area contributed by atoms with Crippen molar-refractivity contribution < 1.29 is 22.8 Å². The topological polar surface area (TPSA) is 61.1 Å². The van der Waals surface area contributed by atoms with Crippen molar-refractivity contribution in [2.45, 2.75) is 26.6 Å². The molecule has 0 saturated carbocycles. The standard InChI is InChI=1S/C14H24NO5P/c1-3-18-21(16,19-4-2)12-14-6-5-13(20-14)11-15-7-9-17-10-8-15/h5-6H,3-4,7-12H2,1-2H3. The second-order valence-corrected chi connectivity index (χ2v) is 6.92. The molecule has 21 heavy (non-hydrogen) atoms. The predicted molar refractivity (Wildman–Crippen MR) is 79.4 cm³/mol. The van der Waals surface area contributed by atoms with Crippen LogP contribution in [0.3, 0.4) is 0 Å². The average Bonchev–Trinajstić information content (AvgIpc) is 2.87. The van der Waals surface area contributed by atoms with Gasteiger partial charge in [-0.1, -0.05) is 0 Å². The number of morpholine rings is 1. The van der Waals surface area contributed by atoms with Gasteiger partial charge >= 0.3 is 7.60 Å². The number of hydrogen-bond donors (Lipinski definition) is 0. The molecule has 0 bridgehead atoms. The van der Waals surface area contributed by atoms with Crippen LogP contribution in [-0.2, 0) is 31.1 Å². The Bertz CT molecular complexity index is 460. The molecule has 6 nitrogen and oxygen atoms in total. The van der Waals surface area contributed by atoms with Gasteiger partial charge in [-0.25, -0.2) is 0 Å². The average molecular weight is 317 g/mol. The third kappa shape index (κ3) is 5.24. The molecule has 0 aromatic carbocycles. The summed E-state index contributed by atoms with van der Waals surface area (Å²) < 4.78 is 34.1. The maximum absolute atomic E-state index is 12.5. The summed E-state index contributed by atoms with van der Waals surface area (Å²) in [5.74, 6) is 1.51. The lowest BCUT2D eigenvalue weighted by Crippen LogP contribution is -2.35. The molecule has 0 radical (unpaired) electrons. The van der Waals surface area contributed by atoms with Crippen molar-refractivity contribution >= 4 is 7.60 Å². The third-order valence-electron chi connectivity index (χ3n) is 3.20. The Morgan fingerprint density at radius 3 is 2.38 bits per heavy atom. The molecule has 1 aliphatic heterocycles. The summed E-state index contributed by atoms with van der Waals surface area (Å²) in [5, 5.41) is 0. The van der Waals surface area contributed by atoms with Crippen LogP contribution in [-0.4, -0.2) is 44.4 Å². The minimum absolute atomic E-state index is 0.178. The predicted octanol–water partition coefficient (Wildman–Crippen LogP) is 2.88. The molecule has 0 N–H and O–H groups in total. The van der Waals surface area contributed by atoms with Crippen LogP contribution in [0.4, 0.5) is 0 Å². The van der Waals surface area contributed by atoms with Gasteiger partial charge in [-0.05, 0) is 26.0 Å². The first-order chi connectivity index (χ1) is 10.1. The molecule has 0 unspecified atom stereocenters. The lowest BCUT2D eigenvalue weighted by Gasteiger charge is -2.25. The van der Waals surface area contributed by atoms with Crippen molar-refractivity contribution in [1.29, 1.82) is 0 Å². The smallest absolute Gasteiger partial charge is 0.338 e. The van der Waals surface area contributed by atoms with Gasteiger partial charge in [0.1, 0.15) is 17.7 Å². The van der Waals surface area contributed by atoms with Gasteiger partial charge in [0.2, 0.25) is 0 Å². The number of ether oxygens (including phenoxy) is 1. The van der Waals surface area contributed by atoms with Crippen LogP contribution in [0.2, 0.25) is 0 Å². The Labute approximate surface area is 125 Å². The lowest BCUT2D eigenvalue weighted by atomic mass is 10.3. The number of furan rings is 1. The van der Waals surface area contributed by atoms with Crippen molar-refractivity contribution in [3.63, 3.8) is 0 Å². The molecule has 2 rings (SSSR count). The van der Waals surface area contributed by atoms with Crippen molar-refractivity contribution in [3.05, 3.63) is 23.7 Å². The van der Waals surface area contributed by atoms with Gasteiger partial charge in [-0.2, -0.15) is 0 Å². The normalized spacial score (nSPS) is 17.2. The zero-order valence-electron chi connectivity index (χ0n) is 12.7. The number of nitrogens with zero attached hydrogens (tertiary/aromatic N) is 1. The highest BCUT2D eigenvalue weighted by Gasteiger charge is 2.26. The third-order valence-corrected chi connectivity index (χ3v) is 5.20. The zero-order chi connectivity index (χ0) is 15.1. The molecule has 0 spiro atoms. The second-order valence-electron chi connectivity index (χ2n) is 4.86. The highest BCUT2D eigenvalue weighted by atomic mass is 31.2. The molecule has 1 aliphatic rings. The molecule has 0 amide bonds. The maximum atomic E-state index is 12.5. The first-order valence-electron chi connectivity index (χ1n) is 7.41. The van der Waals surface area contributed by atoms with Crippen LogP contribution < -0.4 is 0 Å². The minimum atomic E-state index is -3.10. The maximum Gasteiger partial charge on any atom is 0.338 e. The first-order valence-corrected chi connectivity index (χ1v) is 9.14. The van der Waals surface area contributed by atoms with Gasteiger partial charge in [-0.15, -0.1) is 0 Å². The van der Waals surface area contributed by atoms with E-state index in [9.17, 15) is 4.57 Å². The summed E-state index contributed by atoms with van der Waals surface area (Å²) in [5.41, 5.74) is 0. The fourth-order valence-electron chi connectivity index (χ4n) is 2.28. The summed E-state index contributed by atoms with van der Waals surface area (Å²) in [7, 11) is -3.10. The second kappa shape index (κ2) is 8.11. The number of rotatable bonds is 8. The summed E-state index contributed by atoms with van der Waals surface area (Å²) in [4.78, 5) is 2.27. The van der Waals surface area contributed by atoms with E-state index in [0.29, 0.717) is 19.0 Å². The van der Waals surface area contributed by atoms with Crippen LogP contribution in [0.15, 0.2) is 16.5 Å². The highest BCUT2D eigenvalue weighted by Crippen LogP contribution is 2.51. The van der Waals surface area contributed by atoms with Crippen molar-refractivity contribution in [3.8, 4) is 0 Å². The van der Waals surface area contributed by atoms with E-state index < -0.39 is 7.60 Å². The van der Waals surface area contributed by atoms with Gasteiger partial charge < -0.3 is 18.2 Å². The van der Waals surface area contributed by atoms with Crippen molar-refractivity contribution in [1.82, 2.24) is 4.90 Å². The van der Waals surface area contributed by atoms with E-state index in [4.69, 9.17) is 18.2 Å². The quantitative estimate of drug-likeness (QED) is 0.687. The van der Waals surface area contributed by atoms with E-state index in [-0.39, 0.29) is 6.16 Å². The van der Waals surface area contributed by atoms with Crippen LogP contribution in [0.1, 0.15) is 25.4 Å². The van der Waals surface area contributed by atoms with E-state index in [1.165, 1.54) is 0 Å². The van der Waals surface area contributed by atoms with E-state index in [2.05, 4.69) is 4.90 Å². The molecular formula is C14H24NO5P. The molecule has 120 valence electrons. The van der Waals surface area contributed by atoms with Gasteiger partial charge in [0, 0.05) is 13.1 Å². The Morgan fingerprint density at radius 1 is 1.14 bits per heavy atom. The van der Waals surface area contributed by atoms with E-state index in [0.717, 1.165) is 38.6 Å². The Morgan fingerprint density at radius 2 is 1.76 bits per heavy atom. The summed E-state index contributed by atoms with van der Waals surface area (Å²) in [6.45, 7) is 8.41. The Balaban J connectivity index is 1.93. The fraction of sp³-hybridized carbons (Fsp3) is 0.714. The SMILES string of the molecule is CCOP(=O)(Cc1ccc(CN2CCOCC2)o1)OCC. The molecule has 1 aromatic rings. The van der Waals surface area contributed by atoms with E-state index >= 15 is 0 Å². The van der Waals surface area contributed by atoms with Crippen LogP contribution in [0, 0.1) is 0 Å². The van der Waals surface area contributed by atoms with Crippen LogP contribution in [0.25, 0.3) is 0 Å². The van der Waals surface area contributed by atoms with Gasteiger partial charge in [0.05, 0.1) is 33.0 Å². The molecular weight excluding hydrogens is 293 g/mol. The molecule has 7 heteroatoms. The summed E-state index contributed by atoms with van der Waals surface area (Å²) >= 11 is 0. The monoisotopic (exact) mass is 317 g/mol. The fourth-order valence-corrected chi connectivity index (χ4v) is 3.88. The van der Waals surface area contributed by atoms with Crippen molar-refractivity contribution in [2.75, 3.05) is 39.5 Å². The minimum Gasteiger partial charge on any atom is -0.464 e. The van der Waals surface area contributed by atoms with Gasteiger partial charge in [0.25, 0.3) is 0 Å². The Hall–Kier alpha value is -0.650. The Kier molecular flexibility index (Phi) is 6.45. The molecule has 1 aromatic heterocycles. The first kappa shape index (κ1) is 16.7. The van der Waals surface area contributed by atoms with Crippen molar-refractivity contribution in [2.24, 2.45) is 0 Å². The molecule has 0 atom stereocenters. The largest absolute Gasteiger partial charge is 0.464 e. The van der Waals surface area contributed by atoms with Crippen LogP contribution in [0.5, 0.6) is 0 Å². The van der Waals surface area contributed by atoms with Gasteiger partial charge in [-0.3, -0.25) is 9.46 Å². The van der Waals surface area contributed by atoms with Gasteiger partial charge in [0.15, 0.2) is 0 Å². The van der Waals surface area contributed by atoms with E-state index in [1.54, 1.807) is 13.8 Å². The summed E-state index contributed by atoms with van der Waals surface area (Å²) in [6, 6.07) is 3.77. The summed E-state index contributed by atoms with van der Waals surface area (Å²) in [6.07, 6.45) is 0.178. The molecule has 1 saturated heterocycles. The molecule has 1 fully saturated rings. The highest BCUT2D eigenvalue weighted by molar-refractivity contribution is 7.53. The zero-order valence-corrected chi connectivity index (χ0v) is 13.6. The molecule has 2 heterocycles. The van der Waals surface area contributed by atoms with E-state index in [1.807, 2.05) is 12.1 Å².